The average Bonchev–Trinajstić information content (AvgIpc) is 2.48. The maximum atomic E-state index is 12.2. The van der Waals surface area contributed by atoms with E-state index in [9.17, 15) is 9.59 Å². The first-order chi connectivity index (χ1) is 10.1. The normalized spacial score (nSPS) is 14.0. The van der Waals surface area contributed by atoms with E-state index >= 15 is 0 Å². The lowest BCUT2D eigenvalue weighted by Crippen LogP contribution is -2.31. The Bertz CT molecular complexity index is 751. The molecule has 0 aliphatic carbocycles. The molecule has 0 unspecified atom stereocenters. The molecule has 1 amide bonds. The summed E-state index contributed by atoms with van der Waals surface area (Å²) in [4.78, 5) is 29.7. The van der Waals surface area contributed by atoms with Gasteiger partial charge >= 0.3 is 5.97 Å². The van der Waals surface area contributed by atoms with Gasteiger partial charge in [0.15, 0.2) is 5.69 Å². The highest BCUT2D eigenvalue weighted by atomic mass is 35.5. The van der Waals surface area contributed by atoms with Gasteiger partial charge in [-0.2, -0.15) is 0 Å². The van der Waals surface area contributed by atoms with Crippen molar-refractivity contribution in [1.82, 2.24) is 4.98 Å². The van der Waals surface area contributed by atoms with Crippen LogP contribution in [0.3, 0.4) is 0 Å². The van der Waals surface area contributed by atoms with Crippen LogP contribution < -0.4 is 4.90 Å². The smallest absolute Gasteiger partial charge is 0.356 e. The van der Waals surface area contributed by atoms with Crippen LogP contribution in [0, 0.1) is 0 Å². The Balaban J connectivity index is 2.14. The molecule has 0 saturated heterocycles. The van der Waals surface area contributed by atoms with Crippen LogP contribution >= 0.6 is 23.4 Å². The van der Waals surface area contributed by atoms with E-state index in [0.29, 0.717) is 5.69 Å². The van der Waals surface area contributed by atoms with E-state index in [4.69, 9.17) is 16.7 Å². The van der Waals surface area contributed by atoms with Crippen LogP contribution in [0.1, 0.15) is 10.5 Å². The highest BCUT2D eigenvalue weighted by Crippen LogP contribution is 2.38. The van der Waals surface area contributed by atoms with Crippen molar-refractivity contribution in [3.63, 3.8) is 0 Å². The van der Waals surface area contributed by atoms with Gasteiger partial charge in [0.25, 0.3) is 0 Å². The summed E-state index contributed by atoms with van der Waals surface area (Å²) >= 11 is 7.26. The Morgan fingerprint density at radius 3 is 2.81 bits per heavy atom. The number of thioether (sulfide) groups is 1. The number of carboxylic acids is 1. The van der Waals surface area contributed by atoms with Crippen LogP contribution in [-0.2, 0) is 4.79 Å². The number of hydrogen-bond donors (Lipinski definition) is 1. The van der Waals surface area contributed by atoms with Gasteiger partial charge in [-0.15, -0.1) is 11.8 Å². The molecule has 0 atom stereocenters. The van der Waals surface area contributed by atoms with Crippen molar-refractivity contribution in [2.75, 3.05) is 10.7 Å². The summed E-state index contributed by atoms with van der Waals surface area (Å²) in [5, 5.41) is 9.14. The van der Waals surface area contributed by atoms with Crippen LogP contribution in [0.2, 0.25) is 5.02 Å². The molecule has 1 aromatic heterocycles. The molecule has 7 heteroatoms. The number of halogens is 1. The number of anilines is 2. The maximum Gasteiger partial charge on any atom is 0.356 e. The third kappa shape index (κ3) is 2.48. The number of amides is 1. The number of aromatic nitrogens is 1. The van der Waals surface area contributed by atoms with Crippen LogP contribution in [-0.4, -0.2) is 27.7 Å². The number of rotatable bonds is 2. The van der Waals surface area contributed by atoms with E-state index in [0.717, 1.165) is 4.90 Å². The number of carbonyl (C=O) groups is 2. The van der Waals surface area contributed by atoms with E-state index in [2.05, 4.69) is 4.98 Å². The van der Waals surface area contributed by atoms with Crippen molar-refractivity contribution >= 4 is 46.7 Å². The van der Waals surface area contributed by atoms with E-state index in [1.165, 1.54) is 22.7 Å². The zero-order chi connectivity index (χ0) is 15.0. The summed E-state index contributed by atoms with van der Waals surface area (Å²) < 4.78 is 0. The first-order valence-electron chi connectivity index (χ1n) is 6.02. The molecule has 5 nitrogen and oxygen atoms in total. The summed E-state index contributed by atoms with van der Waals surface area (Å²) in [5.74, 6) is -0.836. The van der Waals surface area contributed by atoms with E-state index in [-0.39, 0.29) is 28.2 Å². The number of benzene rings is 1. The summed E-state index contributed by atoms with van der Waals surface area (Å²) in [7, 11) is 0. The number of fused-ring (bicyclic) bond motifs is 1. The van der Waals surface area contributed by atoms with Gasteiger partial charge in [0.1, 0.15) is 5.82 Å². The van der Waals surface area contributed by atoms with Gasteiger partial charge in [-0.05, 0) is 24.3 Å². The SMILES string of the molecule is O=C(O)c1nc(N2C(=O)CSc3ccccc32)ccc1Cl. The number of carboxylic acid groups (broad SMARTS) is 1. The number of carbonyl (C=O) groups excluding carboxylic acids is 1. The van der Waals surface area contributed by atoms with Crippen molar-refractivity contribution < 1.29 is 14.7 Å². The second-order valence-electron chi connectivity index (χ2n) is 4.29. The summed E-state index contributed by atoms with van der Waals surface area (Å²) in [5.41, 5.74) is 0.433. The minimum Gasteiger partial charge on any atom is -0.476 e. The lowest BCUT2D eigenvalue weighted by molar-refractivity contribution is -0.115. The predicted octanol–water partition coefficient (Wildman–Crippen LogP) is 3.20. The second kappa shape index (κ2) is 5.38. The van der Waals surface area contributed by atoms with Gasteiger partial charge in [-0.1, -0.05) is 23.7 Å². The molecule has 1 aromatic carbocycles. The Hall–Kier alpha value is -2.05. The monoisotopic (exact) mass is 320 g/mol. The fraction of sp³-hybridized carbons (Fsp3) is 0.0714. The van der Waals surface area contributed by atoms with Gasteiger partial charge in [0, 0.05) is 4.90 Å². The molecular formula is C14H9ClN2O3S. The Labute approximate surface area is 129 Å². The zero-order valence-corrected chi connectivity index (χ0v) is 12.2. The van der Waals surface area contributed by atoms with Gasteiger partial charge in [0.2, 0.25) is 5.91 Å². The molecule has 1 aliphatic rings. The minimum absolute atomic E-state index is 0.0402. The van der Waals surface area contributed by atoms with Gasteiger partial charge in [-0.25, -0.2) is 9.78 Å². The van der Waals surface area contributed by atoms with E-state index < -0.39 is 5.97 Å². The van der Waals surface area contributed by atoms with Crippen molar-refractivity contribution in [3.05, 3.63) is 47.1 Å². The molecule has 0 radical (unpaired) electrons. The number of nitrogens with zero attached hydrogens (tertiary/aromatic N) is 2. The molecular weight excluding hydrogens is 312 g/mol. The lowest BCUT2D eigenvalue weighted by Gasteiger charge is -2.28. The quantitative estimate of drug-likeness (QED) is 0.920. The number of aromatic carboxylic acids is 1. The third-order valence-corrected chi connectivity index (χ3v) is 4.32. The number of pyridine rings is 1. The van der Waals surface area contributed by atoms with E-state index in [1.54, 1.807) is 12.1 Å². The van der Waals surface area contributed by atoms with Gasteiger partial charge in [-0.3, -0.25) is 9.69 Å². The lowest BCUT2D eigenvalue weighted by atomic mass is 10.2. The molecule has 21 heavy (non-hydrogen) atoms. The largest absolute Gasteiger partial charge is 0.476 e. The Morgan fingerprint density at radius 1 is 1.29 bits per heavy atom. The average molecular weight is 321 g/mol. The van der Waals surface area contributed by atoms with Crippen molar-refractivity contribution in [2.45, 2.75) is 4.90 Å². The molecule has 3 rings (SSSR count). The molecule has 106 valence electrons. The highest BCUT2D eigenvalue weighted by Gasteiger charge is 2.27. The van der Waals surface area contributed by atoms with Crippen molar-refractivity contribution in [3.8, 4) is 0 Å². The Morgan fingerprint density at radius 2 is 2.05 bits per heavy atom. The molecule has 2 aromatic rings. The molecule has 0 bridgehead atoms. The van der Waals surface area contributed by atoms with Gasteiger partial charge in [0.05, 0.1) is 16.5 Å². The molecule has 0 spiro atoms. The summed E-state index contributed by atoms with van der Waals surface area (Å²) in [6, 6.07) is 10.4. The minimum atomic E-state index is -1.23. The number of hydrogen-bond acceptors (Lipinski definition) is 4. The fourth-order valence-electron chi connectivity index (χ4n) is 2.06. The highest BCUT2D eigenvalue weighted by molar-refractivity contribution is 8.00. The first kappa shape index (κ1) is 13.9. The van der Waals surface area contributed by atoms with Crippen LogP contribution in [0.5, 0.6) is 0 Å². The Kier molecular flexibility index (Phi) is 3.57. The standard InChI is InChI=1S/C14H9ClN2O3S/c15-8-5-6-11(16-13(8)14(19)20)17-9-3-1-2-4-10(9)21-7-12(17)18/h1-6H,7H2,(H,19,20). The van der Waals surface area contributed by atoms with Crippen LogP contribution in [0.25, 0.3) is 0 Å². The van der Waals surface area contributed by atoms with Crippen LogP contribution in [0.15, 0.2) is 41.3 Å². The predicted molar refractivity (Wildman–Crippen MR) is 80.5 cm³/mol. The summed E-state index contributed by atoms with van der Waals surface area (Å²) in [6.07, 6.45) is 0. The third-order valence-electron chi connectivity index (χ3n) is 2.97. The van der Waals surface area contributed by atoms with Crippen molar-refractivity contribution in [2.24, 2.45) is 0 Å². The van der Waals surface area contributed by atoms with Gasteiger partial charge < -0.3 is 5.11 Å². The topological polar surface area (TPSA) is 70.5 Å². The molecule has 1 N–H and O–H groups in total. The molecule has 0 saturated carbocycles. The van der Waals surface area contributed by atoms with Crippen LogP contribution in [0.4, 0.5) is 11.5 Å². The van der Waals surface area contributed by atoms with E-state index in [1.807, 2.05) is 18.2 Å². The zero-order valence-electron chi connectivity index (χ0n) is 10.6. The maximum absolute atomic E-state index is 12.2. The first-order valence-corrected chi connectivity index (χ1v) is 7.39. The van der Waals surface area contributed by atoms with Crippen molar-refractivity contribution in [1.29, 1.82) is 0 Å². The number of para-hydroxylation sites is 1. The fourth-order valence-corrected chi connectivity index (χ4v) is 3.14. The molecule has 1 aliphatic heterocycles. The summed E-state index contributed by atoms with van der Waals surface area (Å²) in [6.45, 7) is 0. The molecule has 0 fully saturated rings. The molecule has 2 heterocycles. The second-order valence-corrected chi connectivity index (χ2v) is 5.71.